The molecule has 0 radical (unpaired) electrons. The quantitative estimate of drug-likeness (QED) is 0.693. The van der Waals surface area contributed by atoms with E-state index < -0.39 is 39.7 Å². The standard InChI is InChI=1S/C17H24FN3O4S/c1-3-11(2)15(16(22)19-13-6-4-12(18)5-7-13)21-17(23)20-14-8-9-26(24,25)10-14/h4-7,11,14-15H,3,8-10H2,1-2H3,(H,19,22)(H2,20,21,23)/t11-,14?,15+/m0/s1. The fourth-order valence-corrected chi connectivity index (χ4v) is 4.41. The van der Waals surface area contributed by atoms with E-state index in [1.54, 1.807) is 0 Å². The maximum absolute atomic E-state index is 13.0. The number of anilines is 1. The van der Waals surface area contributed by atoms with Crippen LogP contribution in [0.4, 0.5) is 14.9 Å². The third-order valence-corrected chi connectivity index (χ3v) is 6.23. The van der Waals surface area contributed by atoms with Crippen LogP contribution in [0, 0.1) is 11.7 Å². The first-order chi connectivity index (χ1) is 12.2. The molecule has 9 heteroatoms. The summed E-state index contributed by atoms with van der Waals surface area (Å²) in [5.41, 5.74) is 0.425. The molecule has 1 heterocycles. The fraction of sp³-hybridized carbons (Fsp3) is 0.529. The zero-order valence-electron chi connectivity index (χ0n) is 14.8. The third-order valence-electron chi connectivity index (χ3n) is 4.46. The van der Waals surface area contributed by atoms with Crippen LogP contribution in [0.25, 0.3) is 0 Å². The van der Waals surface area contributed by atoms with Crippen molar-refractivity contribution in [3.63, 3.8) is 0 Å². The number of nitrogens with one attached hydrogen (secondary N) is 3. The van der Waals surface area contributed by atoms with Gasteiger partial charge in [-0.1, -0.05) is 20.3 Å². The average Bonchev–Trinajstić information content (AvgIpc) is 2.92. The molecule has 7 nitrogen and oxygen atoms in total. The first kappa shape index (κ1) is 20.2. The van der Waals surface area contributed by atoms with Gasteiger partial charge in [-0.15, -0.1) is 0 Å². The zero-order chi connectivity index (χ0) is 19.3. The molecule has 3 N–H and O–H groups in total. The molecule has 26 heavy (non-hydrogen) atoms. The van der Waals surface area contributed by atoms with Gasteiger partial charge in [0.2, 0.25) is 5.91 Å². The molecule has 1 unspecified atom stereocenters. The summed E-state index contributed by atoms with van der Waals surface area (Å²) >= 11 is 0. The number of sulfone groups is 1. The van der Waals surface area contributed by atoms with Crippen LogP contribution in [-0.4, -0.2) is 43.9 Å². The number of hydrogen-bond acceptors (Lipinski definition) is 4. The second-order valence-corrected chi connectivity index (χ2v) is 8.81. The van der Waals surface area contributed by atoms with Crippen molar-refractivity contribution in [1.82, 2.24) is 10.6 Å². The van der Waals surface area contributed by atoms with Crippen molar-refractivity contribution in [3.05, 3.63) is 30.1 Å². The first-order valence-electron chi connectivity index (χ1n) is 8.54. The Morgan fingerprint density at radius 3 is 2.46 bits per heavy atom. The summed E-state index contributed by atoms with van der Waals surface area (Å²) in [6, 6.07) is 3.50. The monoisotopic (exact) mass is 385 g/mol. The molecule has 3 amide bonds. The number of urea groups is 1. The molecule has 0 saturated carbocycles. The van der Waals surface area contributed by atoms with Crippen LogP contribution in [0.3, 0.4) is 0 Å². The lowest BCUT2D eigenvalue weighted by Crippen LogP contribution is -2.53. The van der Waals surface area contributed by atoms with Crippen LogP contribution < -0.4 is 16.0 Å². The molecule has 2 rings (SSSR count). The molecule has 1 fully saturated rings. The van der Waals surface area contributed by atoms with Crippen molar-refractivity contribution in [2.75, 3.05) is 16.8 Å². The number of halogens is 1. The van der Waals surface area contributed by atoms with Gasteiger partial charge in [0.25, 0.3) is 0 Å². The van der Waals surface area contributed by atoms with Gasteiger partial charge in [-0.2, -0.15) is 0 Å². The van der Waals surface area contributed by atoms with Gasteiger partial charge in [0.1, 0.15) is 11.9 Å². The topological polar surface area (TPSA) is 104 Å². The van der Waals surface area contributed by atoms with E-state index in [0.29, 0.717) is 18.5 Å². The molecule has 1 saturated heterocycles. The van der Waals surface area contributed by atoms with E-state index in [4.69, 9.17) is 0 Å². The van der Waals surface area contributed by atoms with E-state index in [-0.39, 0.29) is 17.4 Å². The van der Waals surface area contributed by atoms with Crippen LogP contribution in [0.15, 0.2) is 24.3 Å². The summed E-state index contributed by atoms with van der Waals surface area (Å²) in [5, 5.41) is 7.89. The van der Waals surface area contributed by atoms with E-state index in [0.717, 1.165) is 0 Å². The summed E-state index contributed by atoms with van der Waals surface area (Å²) in [4.78, 5) is 24.7. The van der Waals surface area contributed by atoms with Crippen molar-refractivity contribution in [2.24, 2.45) is 5.92 Å². The van der Waals surface area contributed by atoms with Crippen molar-refractivity contribution < 1.29 is 22.4 Å². The van der Waals surface area contributed by atoms with Gasteiger partial charge in [-0.25, -0.2) is 17.6 Å². The van der Waals surface area contributed by atoms with Gasteiger partial charge in [0.15, 0.2) is 9.84 Å². The van der Waals surface area contributed by atoms with Crippen molar-refractivity contribution in [3.8, 4) is 0 Å². The lowest BCUT2D eigenvalue weighted by Gasteiger charge is -2.24. The normalized spacial score (nSPS) is 20.8. The second-order valence-electron chi connectivity index (χ2n) is 6.58. The predicted molar refractivity (Wildman–Crippen MR) is 97.0 cm³/mol. The summed E-state index contributed by atoms with van der Waals surface area (Å²) in [6.07, 6.45) is 1.02. The Balaban J connectivity index is 1.98. The molecule has 1 aromatic carbocycles. The fourth-order valence-electron chi connectivity index (χ4n) is 2.73. The maximum Gasteiger partial charge on any atom is 0.315 e. The summed E-state index contributed by atoms with van der Waals surface area (Å²) in [5.74, 6) is -1.01. The highest BCUT2D eigenvalue weighted by Crippen LogP contribution is 2.14. The van der Waals surface area contributed by atoms with E-state index in [2.05, 4.69) is 16.0 Å². The van der Waals surface area contributed by atoms with Crippen LogP contribution >= 0.6 is 0 Å². The van der Waals surface area contributed by atoms with E-state index in [9.17, 15) is 22.4 Å². The van der Waals surface area contributed by atoms with E-state index in [1.165, 1.54) is 24.3 Å². The van der Waals surface area contributed by atoms with Gasteiger partial charge >= 0.3 is 6.03 Å². The summed E-state index contributed by atoms with van der Waals surface area (Å²) in [7, 11) is -3.10. The van der Waals surface area contributed by atoms with Crippen LogP contribution in [0.2, 0.25) is 0 Å². The highest BCUT2D eigenvalue weighted by Gasteiger charge is 2.31. The second kappa shape index (κ2) is 8.48. The van der Waals surface area contributed by atoms with E-state index in [1.807, 2.05) is 13.8 Å². The lowest BCUT2D eigenvalue weighted by atomic mass is 9.98. The molecule has 3 atom stereocenters. The molecule has 0 bridgehead atoms. The van der Waals surface area contributed by atoms with Crippen molar-refractivity contribution >= 4 is 27.5 Å². The highest BCUT2D eigenvalue weighted by atomic mass is 32.2. The Morgan fingerprint density at radius 1 is 1.27 bits per heavy atom. The molecule has 0 spiro atoms. The first-order valence-corrected chi connectivity index (χ1v) is 10.4. The Kier molecular flexibility index (Phi) is 6.57. The zero-order valence-corrected chi connectivity index (χ0v) is 15.6. The Labute approximate surface area is 152 Å². The van der Waals surface area contributed by atoms with Gasteiger partial charge in [-0.3, -0.25) is 4.79 Å². The predicted octanol–water partition coefficient (Wildman–Crippen LogP) is 1.67. The average molecular weight is 385 g/mol. The maximum atomic E-state index is 13.0. The van der Waals surface area contributed by atoms with Gasteiger partial charge in [0, 0.05) is 11.7 Å². The molecule has 144 valence electrons. The number of rotatable bonds is 6. The number of amides is 3. The number of hydrogen-bond donors (Lipinski definition) is 3. The lowest BCUT2D eigenvalue weighted by molar-refractivity contribution is -0.119. The Hall–Kier alpha value is -2.16. The minimum atomic E-state index is -3.10. The van der Waals surface area contributed by atoms with Crippen LogP contribution in [-0.2, 0) is 14.6 Å². The van der Waals surface area contributed by atoms with Crippen molar-refractivity contribution in [1.29, 1.82) is 0 Å². The van der Waals surface area contributed by atoms with Crippen LogP contribution in [0.1, 0.15) is 26.7 Å². The molecular formula is C17H24FN3O4S. The minimum Gasteiger partial charge on any atom is -0.334 e. The molecule has 1 aromatic rings. The van der Waals surface area contributed by atoms with Gasteiger partial charge in [0.05, 0.1) is 11.5 Å². The third kappa shape index (κ3) is 5.69. The number of benzene rings is 1. The Morgan fingerprint density at radius 2 is 1.92 bits per heavy atom. The largest absolute Gasteiger partial charge is 0.334 e. The Bertz CT molecular complexity index is 752. The number of carbonyl (C=O) groups is 2. The summed E-state index contributed by atoms with van der Waals surface area (Å²) < 4.78 is 35.9. The SMILES string of the molecule is CC[C@H](C)[C@@H](NC(=O)NC1CCS(=O)(=O)C1)C(=O)Nc1ccc(F)cc1. The van der Waals surface area contributed by atoms with Crippen molar-refractivity contribution in [2.45, 2.75) is 38.8 Å². The number of carbonyl (C=O) groups excluding carboxylic acids is 2. The summed E-state index contributed by atoms with van der Waals surface area (Å²) in [6.45, 7) is 3.72. The molecule has 1 aliphatic rings. The molecule has 1 aliphatic heterocycles. The minimum absolute atomic E-state index is 0.0534. The van der Waals surface area contributed by atoms with E-state index >= 15 is 0 Å². The van der Waals surface area contributed by atoms with Crippen LogP contribution in [0.5, 0.6) is 0 Å². The molecular weight excluding hydrogens is 361 g/mol. The molecule has 0 aliphatic carbocycles. The highest BCUT2D eigenvalue weighted by molar-refractivity contribution is 7.91. The van der Waals surface area contributed by atoms with Gasteiger partial charge < -0.3 is 16.0 Å². The molecule has 0 aromatic heterocycles. The smallest absolute Gasteiger partial charge is 0.315 e. The van der Waals surface area contributed by atoms with Gasteiger partial charge in [-0.05, 0) is 36.6 Å².